The molecular formula is C61H39N3O. The maximum atomic E-state index is 6.50. The molecule has 0 aliphatic heterocycles. The minimum Gasteiger partial charge on any atom is -0.456 e. The van der Waals surface area contributed by atoms with Crippen LogP contribution in [0.15, 0.2) is 241 Å². The van der Waals surface area contributed by atoms with E-state index in [-0.39, 0.29) is 0 Å². The summed E-state index contributed by atoms with van der Waals surface area (Å²) >= 11 is 0. The number of benzene rings is 10. The Labute approximate surface area is 376 Å². The summed E-state index contributed by atoms with van der Waals surface area (Å²) in [4.78, 5) is 16.0. The number of rotatable bonds is 8. The van der Waals surface area contributed by atoms with Crippen molar-refractivity contribution >= 4 is 32.7 Å². The van der Waals surface area contributed by atoms with Crippen LogP contribution in [-0.2, 0) is 0 Å². The molecule has 0 atom stereocenters. The fraction of sp³-hybridized carbons (Fsp3) is 0. The van der Waals surface area contributed by atoms with Crippen molar-refractivity contribution in [3.05, 3.63) is 237 Å². The Hall–Kier alpha value is -8.73. The first-order chi connectivity index (χ1) is 32.2. The summed E-state index contributed by atoms with van der Waals surface area (Å²) in [6.07, 6.45) is 0. The van der Waals surface area contributed by atoms with Crippen LogP contribution in [0.1, 0.15) is 0 Å². The number of nitrogens with zero attached hydrogens (tertiary/aromatic N) is 3. The van der Waals surface area contributed by atoms with Crippen molar-refractivity contribution in [3.63, 3.8) is 0 Å². The van der Waals surface area contributed by atoms with E-state index < -0.39 is 0 Å². The van der Waals surface area contributed by atoms with Crippen LogP contribution in [0, 0.1) is 0 Å². The highest BCUT2D eigenvalue weighted by atomic mass is 16.3. The zero-order valence-electron chi connectivity index (χ0n) is 35.3. The number of furan rings is 1. The second kappa shape index (κ2) is 16.2. The Kier molecular flexibility index (Phi) is 9.46. The molecule has 0 saturated carbocycles. The number of fused-ring (bicyclic) bond motifs is 5. The highest BCUT2D eigenvalue weighted by Gasteiger charge is 2.22. The molecule has 2 heterocycles. The Morgan fingerprint density at radius 2 is 0.692 bits per heavy atom. The molecule has 0 radical (unpaired) electrons. The Morgan fingerprint density at radius 1 is 0.262 bits per heavy atom. The van der Waals surface area contributed by atoms with Gasteiger partial charge < -0.3 is 4.42 Å². The first-order valence-corrected chi connectivity index (χ1v) is 21.9. The smallest absolute Gasteiger partial charge is 0.164 e. The zero-order valence-corrected chi connectivity index (χ0v) is 35.3. The molecule has 0 N–H and O–H groups in total. The van der Waals surface area contributed by atoms with Crippen molar-refractivity contribution in [2.45, 2.75) is 0 Å². The summed E-state index contributed by atoms with van der Waals surface area (Å²) in [5.74, 6) is 1.78. The molecule has 12 aromatic rings. The molecule has 0 spiro atoms. The fourth-order valence-electron chi connectivity index (χ4n) is 9.11. The molecule has 0 amide bonds. The maximum Gasteiger partial charge on any atom is 0.164 e. The molecule has 2 aromatic heterocycles. The number of aromatic nitrogens is 3. The van der Waals surface area contributed by atoms with Crippen LogP contribution in [0.2, 0.25) is 0 Å². The molecule has 4 nitrogen and oxygen atoms in total. The standard InChI is InChI=1S/C61H39N3O/c1-5-15-40(16-6-1)43-25-29-47(30-26-43)59-62-60(48-31-27-44(28-32-48)41-17-7-2-8-18-41)64-61(63-59)54-39-50(42-19-9-3-10-20-42)38-52(57(54)46-22-11-4-12-23-46)49-34-35-55-53(37-49)58-51-24-14-13-21-45(51)33-36-56(58)65-55/h1-39H. The third kappa shape index (κ3) is 7.13. The van der Waals surface area contributed by atoms with Gasteiger partial charge in [0.1, 0.15) is 11.2 Å². The van der Waals surface area contributed by atoms with Crippen LogP contribution < -0.4 is 0 Å². The minimum absolute atomic E-state index is 0.586. The van der Waals surface area contributed by atoms with Gasteiger partial charge in [-0.3, -0.25) is 0 Å². The monoisotopic (exact) mass is 829 g/mol. The van der Waals surface area contributed by atoms with E-state index in [0.29, 0.717) is 17.5 Å². The second-order valence-electron chi connectivity index (χ2n) is 16.3. The van der Waals surface area contributed by atoms with Gasteiger partial charge in [-0.05, 0) is 91.2 Å². The van der Waals surface area contributed by atoms with Crippen molar-refractivity contribution in [3.8, 4) is 89.8 Å². The van der Waals surface area contributed by atoms with Gasteiger partial charge in [-0.15, -0.1) is 0 Å². The van der Waals surface area contributed by atoms with Crippen LogP contribution in [0.5, 0.6) is 0 Å². The topological polar surface area (TPSA) is 51.8 Å². The van der Waals surface area contributed by atoms with Crippen molar-refractivity contribution < 1.29 is 4.42 Å². The van der Waals surface area contributed by atoms with E-state index in [1.807, 2.05) is 12.1 Å². The van der Waals surface area contributed by atoms with E-state index in [1.165, 1.54) is 10.8 Å². The molecule has 12 rings (SSSR count). The Bertz CT molecular complexity index is 3560. The van der Waals surface area contributed by atoms with Crippen molar-refractivity contribution in [2.24, 2.45) is 0 Å². The molecule has 304 valence electrons. The van der Waals surface area contributed by atoms with Crippen LogP contribution in [0.25, 0.3) is 123 Å². The number of hydrogen-bond acceptors (Lipinski definition) is 4. The molecule has 0 saturated heterocycles. The average molecular weight is 830 g/mol. The fourth-order valence-corrected chi connectivity index (χ4v) is 9.11. The summed E-state index contributed by atoms with van der Waals surface area (Å²) < 4.78 is 6.50. The third-order valence-electron chi connectivity index (χ3n) is 12.4. The SMILES string of the molecule is c1ccc(-c2ccc(-c3nc(-c4ccc(-c5ccccc5)cc4)nc(-c4cc(-c5ccccc5)cc(-c5ccc6oc7ccc8ccccc8c7c6c5)c4-c4ccccc4)n3)cc2)cc1. The van der Waals surface area contributed by atoms with Gasteiger partial charge in [0.25, 0.3) is 0 Å². The third-order valence-corrected chi connectivity index (χ3v) is 12.4. The molecule has 4 heteroatoms. The lowest BCUT2D eigenvalue weighted by atomic mass is 9.86. The van der Waals surface area contributed by atoms with Crippen molar-refractivity contribution in [2.75, 3.05) is 0 Å². The van der Waals surface area contributed by atoms with Gasteiger partial charge in [-0.25, -0.2) is 15.0 Å². The number of hydrogen-bond donors (Lipinski definition) is 0. The van der Waals surface area contributed by atoms with Gasteiger partial charge >= 0.3 is 0 Å². The van der Waals surface area contributed by atoms with Gasteiger partial charge in [0.2, 0.25) is 0 Å². The molecule has 0 unspecified atom stereocenters. The van der Waals surface area contributed by atoms with Crippen molar-refractivity contribution in [1.29, 1.82) is 0 Å². The highest BCUT2D eigenvalue weighted by molar-refractivity contribution is 6.19. The Balaban J connectivity index is 1.11. The van der Waals surface area contributed by atoms with Gasteiger partial charge in [-0.2, -0.15) is 0 Å². The lowest BCUT2D eigenvalue weighted by molar-refractivity contribution is 0.669. The van der Waals surface area contributed by atoms with Gasteiger partial charge in [0, 0.05) is 33.0 Å². The molecular weight excluding hydrogens is 791 g/mol. The van der Waals surface area contributed by atoms with Crippen molar-refractivity contribution in [1.82, 2.24) is 15.0 Å². The minimum atomic E-state index is 0.586. The van der Waals surface area contributed by atoms with Gasteiger partial charge in [-0.1, -0.05) is 206 Å². The van der Waals surface area contributed by atoms with E-state index >= 15 is 0 Å². The molecule has 10 aromatic carbocycles. The predicted molar refractivity (Wildman–Crippen MR) is 268 cm³/mol. The average Bonchev–Trinajstić information content (AvgIpc) is 3.78. The van der Waals surface area contributed by atoms with Crippen LogP contribution in [-0.4, -0.2) is 15.0 Å². The van der Waals surface area contributed by atoms with Gasteiger partial charge in [0.15, 0.2) is 17.5 Å². The first-order valence-electron chi connectivity index (χ1n) is 21.9. The van der Waals surface area contributed by atoms with Crippen LogP contribution in [0.4, 0.5) is 0 Å². The molecule has 65 heavy (non-hydrogen) atoms. The first kappa shape index (κ1) is 38.0. The molecule has 0 fully saturated rings. The van der Waals surface area contributed by atoms with Crippen LogP contribution >= 0.6 is 0 Å². The maximum absolute atomic E-state index is 6.50. The summed E-state index contributed by atoms with van der Waals surface area (Å²) in [5, 5.41) is 4.53. The quantitative estimate of drug-likeness (QED) is 0.153. The lowest BCUT2D eigenvalue weighted by Crippen LogP contribution is -2.02. The Morgan fingerprint density at radius 3 is 1.28 bits per heavy atom. The molecule has 0 bridgehead atoms. The zero-order chi connectivity index (χ0) is 43.1. The predicted octanol–water partition coefficient (Wildman–Crippen LogP) is 16.3. The molecule has 0 aliphatic carbocycles. The summed E-state index contributed by atoms with van der Waals surface area (Å²) in [5.41, 5.74) is 15.4. The second-order valence-corrected chi connectivity index (χ2v) is 16.3. The largest absolute Gasteiger partial charge is 0.456 e. The summed E-state index contributed by atoms with van der Waals surface area (Å²) in [6, 6.07) is 83.0. The van der Waals surface area contributed by atoms with E-state index in [0.717, 1.165) is 94.3 Å². The normalized spacial score (nSPS) is 11.4. The molecule has 0 aliphatic rings. The summed E-state index contributed by atoms with van der Waals surface area (Å²) in [6.45, 7) is 0. The summed E-state index contributed by atoms with van der Waals surface area (Å²) in [7, 11) is 0. The lowest BCUT2D eigenvalue weighted by Gasteiger charge is -2.19. The van der Waals surface area contributed by atoms with E-state index in [4.69, 9.17) is 19.4 Å². The highest BCUT2D eigenvalue weighted by Crippen LogP contribution is 2.45. The van der Waals surface area contributed by atoms with E-state index in [1.54, 1.807) is 0 Å². The van der Waals surface area contributed by atoms with E-state index in [9.17, 15) is 0 Å². The van der Waals surface area contributed by atoms with Crippen LogP contribution in [0.3, 0.4) is 0 Å². The van der Waals surface area contributed by atoms with Gasteiger partial charge in [0.05, 0.1) is 0 Å². The van der Waals surface area contributed by atoms with E-state index in [2.05, 4.69) is 224 Å².